The molecule has 0 radical (unpaired) electrons. The highest BCUT2D eigenvalue weighted by molar-refractivity contribution is 6.00. The Labute approximate surface area is 266 Å². The van der Waals surface area contributed by atoms with Gasteiger partial charge in [0, 0.05) is 65.9 Å². The smallest absolute Gasteiger partial charge is 0.293 e. The number of likely N-dealkylation sites (N-methyl/N-ethyl adjacent to an activating group) is 1. The number of carbonyl (C=O) groups excluding carboxylic acids is 2. The summed E-state index contributed by atoms with van der Waals surface area (Å²) in [5.74, 6) is 0.377. The van der Waals surface area contributed by atoms with E-state index in [2.05, 4.69) is 24.1 Å². The zero-order valence-electron chi connectivity index (χ0n) is 27.5. The SMILES string of the molecule is C=C(Nc1cccc(-c2cn(C)c(=O)c(NC3C=CC(C(=O)N(CC)CCC)=CC3)n2)c1C)c1ccc(C(=O)C(C)(C)C)cc1. The van der Waals surface area contributed by atoms with Crippen LogP contribution in [0.25, 0.3) is 17.0 Å². The van der Waals surface area contributed by atoms with Gasteiger partial charge in [-0.2, -0.15) is 0 Å². The highest BCUT2D eigenvalue weighted by atomic mass is 16.2. The lowest BCUT2D eigenvalue weighted by molar-refractivity contribution is -0.126. The Hall–Kier alpha value is -4.72. The van der Waals surface area contributed by atoms with Crippen molar-refractivity contribution in [1.29, 1.82) is 0 Å². The van der Waals surface area contributed by atoms with Crippen LogP contribution < -0.4 is 16.2 Å². The number of nitrogens with zero attached hydrogens (tertiary/aromatic N) is 3. The van der Waals surface area contributed by atoms with Gasteiger partial charge in [0.1, 0.15) is 0 Å². The van der Waals surface area contributed by atoms with Crippen molar-refractivity contribution in [2.75, 3.05) is 23.7 Å². The van der Waals surface area contributed by atoms with Crippen LogP contribution in [-0.4, -0.2) is 45.3 Å². The predicted octanol–water partition coefficient (Wildman–Crippen LogP) is 6.99. The summed E-state index contributed by atoms with van der Waals surface area (Å²) >= 11 is 0. The number of aryl methyl sites for hydroxylation is 1. The summed E-state index contributed by atoms with van der Waals surface area (Å²) in [5, 5.41) is 6.70. The molecule has 0 aliphatic heterocycles. The fourth-order valence-electron chi connectivity index (χ4n) is 5.29. The molecule has 8 nitrogen and oxygen atoms in total. The summed E-state index contributed by atoms with van der Waals surface area (Å²) in [6, 6.07) is 13.2. The molecule has 1 aromatic heterocycles. The van der Waals surface area contributed by atoms with Gasteiger partial charge < -0.3 is 20.1 Å². The normalized spacial score (nSPS) is 14.5. The van der Waals surface area contributed by atoms with Crippen molar-refractivity contribution in [2.24, 2.45) is 12.5 Å². The van der Waals surface area contributed by atoms with Crippen LogP contribution in [0.5, 0.6) is 0 Å². The summed E-state index contributed by atoms with van der Waals surface area (Å²) < 4.78 is 1.53. The van der Waals surface area contributed by atoms with E-state index in [0.29, 0.717) is 35.5 Å². The Kier molecular flexibility index (Phi) is 10.3. The van der Waals surface area contributed by atoms with Crippen molar-refractivity contribution in [3.63, 3.8) is 0 Å². The topological polar surface area (TPSA) is 96.3 Å². The number of nitrogens with one attached hydrogen (secondary N) is 2. The number of Topliss-reactive ketones (excluding diaryl/α,β-unsaturated/α-hetero) is 1. The molecular weight excluding hydrogens is 562 g/mol. The first-order chi connectivity index (χ1) is 21.3. The summed E-state index contributed by atoms with van der Waals surface area (Å²) in [7, 11) is 1.71. The van der Waals surface area contributed by atoms with Crippen molar-refractivity contribution in [3.8, 4) is 11.3 Å². The van der Waals surface area contributed by atoms with Crippen LogP contribution in [0.1, 0.15) is 68.9 Å². The summed E-state index contributed by atoms with van der Waals surface area (Å²) in [5.41, 5.74) is 5.59. The van der Waals surface area contributed by atoms with Gasteiger partial charge in [-0.05, 0) is 43.9 Å². The third-order valence-electron chi connectivity index (χ3n) is 7.97. The van der Waals surface area contributed by atoms with Crippen molar-refractivity contribution in [2.45, 2.75) is 60.4 Å². The van der Waals surface area contributed by atoms with Gasteiger partial charge in [-0.3, -0.25) is 14.4 Å². The van der Waals surface area contributed by atoms with Crippen molar-refractivity contribution < 1.29 is 9.59 Å². The first-order valence-corrected chi connectivity index (χ1v) is 15.6. The monoisotopic (exact) mass is 607 g/mol. The zero-order valence-corrected chi connectivity index (χ0v) is 27.5. The van der Waals surface area contributed by atoms with Gasteiger partial charge in [0.25, 0.3) is 11.5 Å². The minimum Gasteiger partial charge on any atom is -0.359 e. The molecule has 4 rings (SSSR count). The van der Waals surface area contributed by atoms with E-state index < -0.39 is 5.41 Å². The molecule has 1 aliphatic carbocycles. The Morgan fingerprint density at radius 3 is 2.38 bits per heavy atom. The van der Waals surface area contributed by atoms with Gasteiger partial charge in [0.15, 0.2) is 11.6 Å². The summed E-state index contributed by atoms with van der Waals surface area (Å²) in [6.07, 6.45) is 8.90. The zero-order chi connectivity index (χ0) is 32.9. The highest BCUT2D eigenvalue weighted by Crippen LogP contribution is 2.30. The number of rotatable bonds is 11. The Morgan fingerprint density at radius 1 is 1.09 bits per heavy atom. The fourth-order valence-corrected chi connectivity index (χ4v) is 5.29. The van der Waals surface area contributed by atoms with Crippen LogP contribution in [0.15, 0.2) is 83.8 Å². The molecule has 2 N–H and O–H groups in total. The van der Waals surface area contributed by atoms with Gasteiger partial charge in [0.2, 0.25) is 0 Å². The quantitative estimate of drug-likeness (QED) is 0.228. The van der Waals surface area contributed by atoms with E-state index >= 15 is 0 Å². The molecule has 1 amide bonds. The molecule has 2 aromatic carbocycles. The average molecular weight is 608 g/mol. The van der Waals surface area contributed by atoms with E-state index in [1.807, 2.05) is 100 Å². The number of amides is 1. The van der Waals surface area contributed by atoms with Crippen LogP contribution >= 0.6 is 0 Å². The van der Waals surface area contributed by atoms with Crippen LogP contribution in [-0.2, 0) is 11.8 Å². The molecule has 236 valence electrons. The minimum atomic E-state index is -0.447. The number of hydrogen-bond donors (Lipinski definition) is 2. The van der Waals surface area contributed by atoms with Gasteiger partial charge in [-0.1, -0.05) is 88.9 Å². The molecule has 1 aliphatic rings. The molecular formula is C37H45N5O3. The predicted molar refractivity (Wildman–Crippen MR) is 184 cm³/mol. The van der Waals surface area contributed by atoms with Crippen LogP contribution in [0.3, 0.4) is 0 Å². The minimum absolute atomic E-state index is 0.0318. The summed E-state index contributed by atoms with van der Waals surface area (Å²) in [6.45, 7) is 17.4. The molecule has 1 unspecified atom stereocenters. The van der Waals surface area contributed by atoms with Crippen molar-refractivity contribution in [3.05, 3.63) is 106 Å². The number of carbonyl (C=O) groups is 2. The average Bonchev–Trinajstić information content (AvgIpc) is 3.02. The number of aromatic nitrogens is 2. The van der Waals surface area contributed by atoms with Crippen molar-refractivity contribution >= 4 is 28.9 Å². The number of ketones is 1. The molecule has 1 atom stereocenters. The lowest BCUT2D eigenvalue weighted by Gasteiger charge is -2.23. The van der Waals surface area contributed by atoms with E-state index in [9.17, 15) is 14.4 Å². The van der Waals surface area contributed by atoms with Gasteiger partial charge >= 0.3 is 0 Å². The van der Waals surface area contributed by atoms with E-state index in [4.69, 9.17) is 4.98 Å². The van der Waals surface area contributed by atoms with Crippen LogP contribution in [0.4, 0.5) is 11.5 Å². The first kappa shape index (κ1) is 33.2. The van der Waals surface area contributed by atoms with E-state index in [-0.39, 0.29) is 29.1 Å². The molecule has 0 bridgehead atoms. The molecule has 8 heteroatoms. The van der Waals surface area contributed by atoms with Crippen molar-refractivity contribution in [1.82, 2.24) is 14.5 Å². The Morgan fingerprint density at radius 2 is 1.78 bits per heavy atom. The number of benzene rings is 2. The Bertz CT molecular complexity index is 1710. The van der Waals surface area contributed by atoms with Gasteiger partial charge in [0.05, 0.1) is 5.69 Å². The van der Waals surface area contributed by atoms with Crippen LogP contribution in [0.2, 0.25) is 0 Å². The first-order valence-electron chi connectivity index (χ1n) is 15.6. The lowest BCUT2D eigenvalue weighted by atomic mass is 9.86. The molecule has 0 fully saturated rings. The standard InChI is InChI=1S/C37H45N5O3/c1-9-22-42(10-2)35(44)28-18-20-29(21-19-28)39-34-36(45)41(8)23-32(40-34)30-12-11-13-31(24(30)3)38-25(4)26-14-16-27(17-15-26)33(43)37(5,6)7/h11-20,23,29,38H,4,9-10,21-22H2,1-3,5-8H3,(H,39,40). The number of hydrogen-bond acceptors (Lipinski definition) is 6. The van der Waals surface area contributed by atoms with Crippen LogP contribution in [0, 0.1) is 12.3 Å². The van der Waals surface area contributed by atoms with E-state index in [0.717, 1.165) is 35.3 Å². The van der Waals surface area contributed by atoms with E-state index in [1.165, 1.54) is 4.57 Å². The fraction of sp³-hybridized carbons (Fsp3) is 0.351. The van der Waals surface area contributed by atoms with Gasteiger partial charge in [-0.15, -0.1) is 0 Å². The molecule has 0 saturated carbocycles. The second-order valence-corrected chi connectivity index (χ2v) is 12.5. The third-order valence-corrected chi connectivity index (χ3v) is 7.97. The second kappa shape index (κ2) is 13.9. The maximum atomic E-state index is 13.1. The lowest BCUT2D eigenvalue weighted by Crippen LogP contribution is -2.33. The maximum absolute atomic E-state index is 13.1. The molecule has 45 heavy (non-hydrogen) atoms. The molecule has 1 heterocycles. The molecule has 0 saturated heterocycles. The van der Waals surface area contributed by atoms with Gasteiger partial charge in [-0.25, -0.2) is 4.98 Å². The maximum Gasteiger partial charge on any atom is 0.293 e. The largest absolute Gasteiger partial charge is 0.359 e. The molecule has 3 aromatic rings. The Balaban J connectivity index is 1.51. The number of anilines is 2. The third kappa shape index (κ3) is 7.69. The van der Waals surface area contributed by atoms with E-state index in [1.54, 1.807) is 13.2 Å². The molecule has 0 spiro atoms. The highest BCUT2D eigenvalue weighted by Gasteiger charge is 2.23. The second-order valence-electron chi connectivity index (χ2n) is 12.5. The summed E-state index contributed by atoms with van der Waals surface area (Å²) in [4.78, 5) is 45.2.